The van der Waals surface area contributed by atoms with Crippen molar-refractivity contribution < 1.29 is 13.2 Å². The number of sulfonamides is 1. The first-order chi connectivity index (χ1) is 13.8. The third-order valence-electron chi connectivity index (χ3n) is 5.25. The molecule has 0 unspecified atom stereocenters. The molecular weight excluding hydrogens is 410 g/mol. The number of benzene rings is 1. The zero-order chi connectivity index (χ0) is 21.0. The van der Waals surface area contributed by atoms with Crippen molar-refractivity contribution in [2.45, 2.75) is 44.2 Å². The van der Waals surface area contributed by atoms with E-state index in [2.05, 4.69) is 4.98 Å². The summed E-state index contributed by atoms with van der Waals surface area (Å²) in [6, 6.07) is 13.0. The molecule has 0 spiro atoms. The van der Waals surface area contributed by atoms with Crippen molar-refractivity contribution in [1.82, 2.24) is 14.2 Å². The Morgan fingerprint density at radius 3 is 2.41 bits per heavy atom. The Labute approximate surface area is 177 Å². The molecular formula is C21H26ClN3O3S. The molecule has 0 bridgehead atoms. The van der Waals surface area contributed by atoms with E-state index in [9.17, 15) is 13.2 Å². The normalized spacial score (nSPS) is 16.1. The Kier molecular flexibility index (Phi) is 6.93. The summed E-state index contributed by atoms with van der Waals surface area (Å²) in [4.78, 5) is 18.9. The van der Waals surface area contributed by atoms with Gasteiger partial charge in [0.05, 0.1) is 0 Å². The molecule has 1 aromatic heterocycles. The fraction of sp³-hybridized carbons (Fsp3) is 0.429. The first-order valence-electron chi connectivity index (χ1n) is 9.75. The van der Waals surface area contributed by atoms with Crippen molar-refractivity contribution in [1.29, 1.82) is 0 Å². The van der Waals surface area contributed by atoms with Gasteiger partial charge >= 0.3 is 0 Å². The molecule has 1 fully saturated rings. The molecule has 0 atom stereocenters. The van der Waals surface area contributed by atoms with Crippen LogP contribution in [0.1, 0.15) is 32.3 Å². The summed E-state index contributed by atoms with van der Waals surface area (Å²) in [5.41, 5.74) is 1.08. The molecule has 2 heterocycles. The van der Waals surface area contributed by atoms with Crippen LogP contribution in [-0.2, 0) is 21.4 Å². The summed E-state index contributed by atoms with van der Waals surface area (Å²) < 4.78 is 27.1. The van der Waals surface area contributed by atoms with Crippen molar-refractivity contribution in [2.24, 2.45) is 5.92 Å². The second-order valence-electron chi connectivity index (χ2n) is 7.52. The van der Waals surface area contributed by atoms with Crippen LogP contribution in [0, 0.1) is 5.92 Å². The molecule has 6 nitrogen and oxygen atoms in total. The predicted octanol–water partition coefficient (Wildman–Crippen LogP) is 3.57. The Balaban J connectivity index is 1.67. The van der Waals surface area contributed by atoms with Crippen LogP contribution in [0.2, 0.25) is 5.15 Å². The Morgan fingerprint density at radius 2 is 1.83 bits per heavy atom. The molecule has 1 saturated heterocycles. The van der Waals surface area contributed by atoms with Crippen molar-refractivity contribution >= 4 is 27.5 Å². The highest BCUT2D eigenvalue weighted by molar-refractivity contribution is 7.89. The van der Waals surface area contributed by atoms with Gasteiger partial charge in [-0.05, 0) is 44.4 Å². The first-order valence-corrected chi connectivity index (χ1v) is 11.6. The van der Waals surface area contributed by atoms with E-state index in [1.807, 2.05) is 49.1 Å². The van der Waals surface area contributed by atoms with Gasteiger partial charge in [0.2, 0.25) is 15.9 Å². The second kappa shape index (κ2) is 9.24. The van der Waals surface area contributed by atoms with Crippen LogP contribution < -0.4 is 0 Å². The average molecular weight is 436 g/mol. The molecule has 3 rings (SSSR count). The van der Waals surface area contributed by atoms with Crippen LogP contribution in [0.25, 0.3) is 0 Å². The number of amides is 1. The van der Waals surface area contributed by atoms with Crippen LogP contribution in [-0.4, -0.2) is 47.6 Å². The predicted molar refractivity (Wildman–Crippen MR) is 113 cm³/mol. The van der Waals surface area contributed by atoms with Gasteiger partial charge in [-0.1, -0.05) is 41.9 Å². The molecule has 0 saturated carbocycles. The van der Waals surface area contributed by atoms with E-state index in [1.54, 1.807) is 6.07 Å². The topological polar surface area (TPSA) is 70.6 Å². The van der Waals surface area contributed by atoms with Crippen molar-refractivity contribution in [3.05, 3.63) is 59.4 Å². The van der Waals surface area contributed by atoms with Crippen LogP contribution in [0.3, 0.4) is 0 Å². The van der Waals surface area contributed by atoms with Crippen LogP contribution in [0.15, 0.2) is 53.6 Å². The van der Waals surface area contributed by atoms with E-state index in [4.69, 9.17) is 11.6 Å². The number of pyridine rings is 1. The van der Waals surface area contributed by atoms with E-state index in [0.29, 0.717) is 32.5 Å². The third kappa shape index (κ3) is 4.97. The average Bonchev–Trinajstić information content (AvgIpc) is 2.72. The standard InChI is InChI=1S/C21H26ClN3O3S/c1-16(2)25(15-17-7-4-3-5-8-17)21(26)18-10-13-24(14-11-18)29(27,28)19-9-6-12-23-20(19)22/h3-9,12,16,18H,10-11,13-15H2,1-2H3. The number of aromatic nitrogens is 1. The van der Waals surface area contributed by atoms with Gasteiger partial charge in [0.15, 0.2) is 0 Å². The molecule has 1 amide bonds. The second-order valence-corrected chi connectivity index (χ2v) is 9.78. The molecule has 0 aliphatic carbocycles. The number of piperidine rings is 1. The van der Waals surface area contributed by atoms with Gasteiger partial charge < -0.3 is 4.90 Å². The van der Waals surface area contributed by atoms with Crippen LogP contribution in [0.5, 0.6) is 0 Å². The van der Waals surface area contributed by atoms with Crippen molar-refractivity contribution in [3.8, 4) is 0 Å². The maximum Gasteiger partial charge on any atom is 0.246 e. The van der Waals surface area contributed by atoms with Gasteiger partial charge in [0.1, 0.15) is 10.0 Å². The van der Waals surface area contributed by atoms with E-state index in [-0.39, 0.29) is 27.9 Å². The lowest BCUT2D eigenvalue weighted by Crippen LogP contribution is -2.46. The van der Waals surface area contributed by atoms with Crippen LogP contribution >= 0.6 is 11.6 Å². The Morgan fingerprint density at radius 1 is 1.17 bits per heavy atom. The fourth-order valence-electron chi connectivity index (χ4n) is 3.58. The molecule has 29 heavy (non-hydrogen) atoms. The molecule has 0 N–H and O–H groups in total. The molecule has 1 aromatic carbocycles. The fourth-order valence-corrected chi connectivity index (χ4v) is 5.47. The minimum Gasteiger partial charge on any atom is -0.336 e. The van der Waals surface area contributed by atoms with Crippen LogP contribution in [0.4, 0.5) is 0 Å². The minimum absolute atomic E-state index is 0.0133. The van der Waals surface area contributed by atoms with Crippen molar-refractivity contribution in [2.75, 3.05) is 13.1 Å². The van der Waals surface area contributed by atoms with E-state index in [1.165, 1.54) is 16.6 Å². The van der Waals surface area contributed by atoms with E-state index < -0.39 is 10.0 Å². The van der Waals surface area contributed by atoms with Gasteiger partial charge in [-0.3, -0.25) is 4.79 Å². The maximum absolute atomic E-state index is 13.2. The smallest absolute Gasteiger partial charge is 0.246 e. The lowest BCUT2D eigenvalue weighted by molar-refractivity contribution is -0.139. The third-order valence-corrected chi connectivity index (χ3v) is 7.59. The monoisotopic (exact) mass is 435 g/mol. The SMILES string of the molecule is CC(C)N(Cc1ccccc1)C(=O)C1CCN(S(=O)(=O)c2cccnc2Cl)CC1. The number of hydrogen-bond acceptors (Lipinski definition) is 4. The zero-order valence-electron chi connectivity index (χ0n) is 16.7. The molecule has 2 aromatic rings. The number of carbonyl (C=O) groups excluding carboxylic acids is 1. The van der Waals surface area contributed by atoms with Gasteiger partial charge in [0, 0.05) is 37.8 Å². The van der Waals surface area contributed by atoms with Gasteiger partial charge in [-0.15, -0.1) is 0 Å². The number of halogens is 1. The number of hydrogen-bond donors (Lipinski definition) is 0. The number of rotatable bonds is 6. The summed E-state index contributed by atoms with van der Waals surface area (Å²) in [7, 11) is -3.71. The summed E-state index contributed by atoms with van der Waals surface area (Å²) in [5.74, 6) is -0.0998. The van der Waals surface area contributed by atoms with E-state index >= 15 is 0 Å². The highest BCUT2D eigenvalue weighted by Gasteiger charge is 2.35. The molecule has 1 aliphatic rings. The highest BCUT2D eigenvalue weighted by atomic mass is 35.5. The summed E-state index contributed by atoms with van der Waals surface area (Å²) in [6.07, 6.45) is 2.45. The Bertz CT molecular complexity index is 943. The molecule has 1 aliphatic heterocycles. The largest absolute Gasteiger partial charge is 0.336 e. The zero-order valence-corrected chi connectivity index (χ0v) is 18.2. The summed E-state index contributed by atoms with van der Waals surface area (Å²) in [5, 5.41) is -0.0282. The lowest BCUT2D eigenvalue weighted by atomic mass is 9.95. The lowest BCUT2D eigenvalue weighted by Gasteiger charge is -2.35. The summed E-state index contributed by atoms with van der Waals surface area (Å²) >= 11 is 5.98. The Hall–Kier alpha value is -1.96. The minimum atomic E-state index is -3.71. The van der Waals surface area contributed by atoms with Gasteiger partial charge in [0.25, 0.3) is 0 Å². The highest BCUT2D eigenvalue weighted by Crippen LogP contribution is 2.28. The quantitative estimate of drug-likeness (QED) is 0.650. The maximum atomic E-state index is 13.2. The number of nitrogens with zero attached hydrogens (tertiary/aromatic N) is 3. The van der Waals surface area contributed by atoms with Gasteiger partial charge in [-0.2, -0.15) is 4.31 Å². The first kappa shape index (κ1) is 21.7. The summed E-state index contributed by atoms with van der Waals surface area (Å²) in [6.45, 7) is 5.15. The molecule has 0 radical (unpaired) electrons. The van der Waals surface area contributed by atoms with Gasteiger partial charge in [-0.25, -0.2) is 13.4 Å². The molecule has 156 valence electrons. The number of carbonyl (C=O) groups is 1. The van der Waals surface area contributed by atoms with E-state index in [0.717, 1.165) is 5.56 Å². The van der Waals surface area contributed by atoms with Crippen molar-refractivity contribution in [3.63, 3.8) is 0 Å². The molecule has 8 heteroatoms.